The Morgan fingerprint density at radius 1 is 1.42 bits per heavy atom. The minimum atomic E-state index is -0.422. The number of aryl methyl sites for hydroxylation is 2. The summed E-state index contributed by atoms with van der Waals surface area (Å²) in [6.45, 7) is 3.71. The zero-order chi connectivity index (χ0) is 14.2. The molecule has 0 spiro atoms. The van der Waals surface area contributed by atoms with Gasteiger partial charge in [0.25, 0.3) is 5.56 Å². The predicted molar refractivity (Wildman–Crippen MR) is 74.5 cm³/mol. The smallest absolute Gasteiger partial charge is 0.255 e. The summed E-state index contributed by atoms with van der Waals surface area (Å²) in [5, 5.41) is 9.97. The molecule has 1 heterocycles. The zero-order valence-electron chi connectivity index (χ0n) is 11.5. The van der Waals surface area contributed by atoms with Crippen LogP contribution >= 0.6 is 0 Å². The second-order valence-corrected chi connectivity index (χ2v) is 4.66. The SMILES string of the molecule is COc1ccc(C)c2cc(C(C)C#N)c(=O)n(C)c12. The summed E-state index contributed by atoms with van der Waals surface area (Å²) in [5.74, 6) is 0.241. The second-order valence-electron chi connectivity index (χ2n) is 4.66. The van der Waals surface area contributed by atoms with Crippen molar-refractivity contribution in [3.63, 3.8) is 0 Å². The molecule has 4 heteroatoms. The molecular formula is C15H16N2O2. The Morgan fingerprint density at radius 2 is 2.11 bits per heavy atom. The van der Waals surface area contributed by atoms with Crippen molar-refractivity contribution >= 4 is 10.9 Å². The summed E-state index contributed by atoms with van der Waals surface area (Å²) in [6.07, 6.45) is 0. The predicted octanol–water partition coefficient (Wildman–Crippen LogP) is 2.48. The van der Waals surface area contributed by atoms with E-state index >= 15 is 0 Å². The van der Waals surface area contributed by atoms with Gasteiger partial charge in [-0.25, -0.2) is 0 Å². The maximum atomic E-state index is 12.3. The molecular weight excluding hydrogens is 240 g/mol. The highest BCUT2D eigenvalue weighted by Gasteiger charge is 2.16. The monoisotopic (exact) mass is 256 g/mol. The fraction of sp³-hybridized carbons (Fsp3) is 0.333. The molecule has 0 aliphatic carbocycles. The molecule has 0 aliphatic rings. The highest BCUT2D eigenvalue weighted by Crippen LogP contribution is 2.28. The van der Waals surface area contributed by atoms with Crippen LogP contribution in [0, 0.1) is 18.3 Å². The Kier molecular flexibility index (Phi) is 3.30. The minimum Gasteiger partial charge on any atom is -0.495 e. The number of hydrogen-bond donors (Lipinski definition) is 0. The van der Waals surface area contributed by atoms with E-state index in [0.29, 0.717) is 11.3 Å². The largest absolute Gasteiger partial charge is 0.495 e. The van der Waals surface area contributed by atoms with Crippen molar-refractivity contribution in [1.29, 1.82) is 5.26 Å². The Bertz CT molecular complexity index is 738. The summed E-state index contributed by atoms with van der Waals surface area (Å²) in [7, 11) is 3.29. The molecule has 2 aromatic rings. The number of ether oxygens (including phenoxy) is 1. The Morgan fingerprint density at radius 3 is 2.68 bits per heavy atom. The normalized spacial score (nSPS) is 12.2. The number of methoxy groups -OCH3 is 1. The number of pyridine rings is 1. The molecule has 1 aromatic carbocycles. The number of hydrogen-bond acceptors (Lipinski definition) is 3. The van der Waals surface area contributed by atoms with Gasteiger partial charge < -0.3 is 9.30 Å². The molecule has 0 saturated heterocycles. The number of rotatable bonds is 2. The maximum absolute atomic E-state index is 12.3. The van der Waals surface area contributed by atoms with Crippen LogP contribution in [0.15, 0.2) is 23.0 Å². The molecule has 0 amide bonds. The third-order valence-electron chi connectivity index (χ3n) is 3.46. The van der Waals surface area contributed by atoms with Crippen molar-refractivity contribution in [2.45, 2.75) is 19.8 Å². The van der Waals surface area contributed by atoms with Crippen molar-refractivity contribution in [2.75, 3.05) is 7.11 Å². The number of fused-ring (bicyclic) bond motifs is 1. The molecule has 2 rings (SSSR count). The summed E-state index contributed by atoms with van der Waals surface area (Å²) in [5.41, 5.74) is 2.19. The van der Waals surface area contributed by atoms with E-state index in [-0.39, 0.29) is 5.56 Å². The standard InChI is InChI=1S/C15H16N2O2/c1-9-5-6-13(19-4)14-11(9)7-12(10(2)8-16)15(18)17(14)3/h5-7,10H,1-4H3. The molecule has 0 radical (unpaired) electrons. The topological polar surface area (TPSA) is 55.0 Å². The summed E-state index contributed by atoms with van der Waals surface area (Å²) < 4.78 is 6.88. The van der Waals surface area contributed by atoms with Crippen molar-refractivity contribution in [1.82, 2.24) is 4.57 Å². The van der Waals surface area contributed by atoms with Crippen molar-refractivity contribution in [2.24, 2.45) is 7.05 Å². The molecule has 0 aliphatic heterocycles. The van der Waals surface area contributed by atoms with Gasteiger partial charge in [-0.15, -0.1) is 0 Å². The number of aromatic nitrogens is 1. The molecule has 1 aromatic heterocycles. The van der Waals surface area contributed by atoms with Crippen LogP contribution in [-0.4, -0.2) is 11.7 Å². The molecule has 0 bridgehead atoms. The van der Waals surface area contributed by atoms with E-state index in [0.717, 1.165) is 16.5 Å². The zero-order valence-corrected chi connectivity index (χ0v) is 11.5. The number of benzene rings is 1. The van der Waals surface area contributed by atoms with E-state index in [2.05, 4.69) is 6.07 Å². The molecule has 0 saturated carbocycles. The van der Waals surface area contributed by atoms with Crippen LogP contribution in [0.3, 0.4) is 0 Å². The van der Waals surface area contributed by atoms with Gasteiger partial charge in [-0.2, -0.15) is 5.26 Å². The molecule has 0 fully saturated rings. The van der Waals surface area contributed by atoms with Gasteiger partial charge >= 0.3 is 0 Å². The van der Waals surface area contributed by atoms with E-state index in [1.165, 1.54) is 0 Å². The lowest BCUT2D eigenvalue weighted by Gasteiger charge is -2.14. The maximum Gasteiger partial charge on any atom is 0.255 e. The third-order valence-corrected chi connectivity index (χ3v) is 3.46. The first-order valence-electron chi connectivity index (χ1n) is 6.08. The minimum absolute atomic E-state index is 0.148. The fourth-order valence-electron chi connectivity index (χ4n) is 2.27. The average molecular weight is 256 g/mol. The van der Waals surface area contributed by atoms with E-state index in [1.807, 2.05) is 25.1 Å². The van der Waals surface area contributed by atoms with Gasteiger partial charge in [-0.1, -0.05) is 6.07 Å². The molecule has 98 valence electrons. The summed E-state index contributed by atoms with van der Waals surface area (Å²) in [4.78, 5) is 12.3. The van der Waals surface area contributed by atoms with Crippen LogP contribution in [0.25, 0.3) is 10.9 Å². The molecule has 1 unspecified atom stereocenters. The lowest BCUT2D eigenvalue weighted by atomic mass is 10.00. The first-order chi connectivity index (χ1) is 9.01. The van der Waals surface area contributed by atoms with E-state index < -0.39 is 5.92 Å². The Labute approximate surface area is 111 Å². The van der Waals surface area contributed by atoms with E-state index in [1.54, 1.807) is 25.6 Å². The first-order valence-corrected chi connectivity index (χ1v) is 6.08. The Balaban J connectivity index is 2.96. The number of nitrogens with zero attached hydrogens (tertiary/aromatic N) is 2. The van der Waals surface area contributed by atoms with Crippen molar-refractivity contribution < 1.29 is 4.74 Å². The molecule has 1 atom stereocenters. The first kappa shape index (κ1) is 13.2. The van der Waals surface area contributed by atoms with Gasteiger partial charge in [0.05, 0.1) is 24.6 Å². The average Bonchev–Trinajstić information content (AvgIpc) is 2.42. The van der Waals surface area contributed by atoms with Crippen molar-refractivity contribution in [3.05, 3.63) is 39.7 Å². The van der Waals surface area contributed by atoms with Gasteiger partial charge in [0, 0.05) is 18.0 Å². The lowest BCUT2D eigenvalue weighted by Crippen LogP contribution is -2.23. The van der Waals surface area contributed by atoms with Crippen LogP contribution in [-0.2, 0) is 7.05 Å². The molecule has 0 N–H and O–H groups in total. The van der Waals surface area contributed by atoms with Gasteiger partial charge in [0.2, 0.25) is 0 Å². The van der Waals surface area contributed by atoms with Gasteiger partial charge in [-0.05, 0) is 31.5 Å². The van der Waals surface area contributed by atoms with Crippen LogP contribution in [0.1, 0.15) is 24.0 Å². The van der Waals surface area contributed by atoms with Gasteiger partial charge in [0.15, 0.2) is 0 Å². The highest BCUT2D eigenvalue weighted by atomic mass is 16.5. The highest BCUT2D eigenvalue weighted by molar-refractivity contribution is 5.88. The second kappa shape index (κ2) is 4.77. The quantitative estimate of drug-likeness (QED) is 0.829. The summed E-state index contributed by atoms with van der Waals surface area (Å²) >= 11 is 0. The Hall–Kier alpha value is -2.28. The molecule has 19 heavy (non-hydrogen) atoms. The van der Waals surface area contributed by atoms with E-state index in [4.69, 9.17) is 10.00 Å². The van der Waals surface area contributed by atoms with Crippen LogP contribution in [0.2, 0.25) is 0 Å². The van der Waals surface area contributed by atoms with Crippen LogP contribution < -0.4 is 10.3 Å². The fourth-order valence-corrected chi connectivity index (χ4v) is 2.27. The summed E-state index contributed by atoms with van der Waals surface area (Å²) in [6, 6.07) is 7.73. The van der Waals surface area contributed by atoms with Crippen LogP contribution in [0.4, 0.5) is 0 Å². The van der Waals surface area contributed by atoms with Gasteiger partial charge in [0.1, 0.15) is 5.75 Å². The van der Waals surface area contributed by atoms with Gasteiger partial charge in [-0.3, -0.25) is 4.79 Å². The third kappa shape index (κ3) is 1.97. The van der Waals surface area contributed by atoms with Crippen molar-refractivity contribution in [3.8, 4) is 11.8 Å². The molecule has 4 nitrogen and oxygen atoms in total. The van der Waals surface area contributed by atoms with E-state index in [9.17, 15) is 4.79 Å². The van der Waals surface area contributed by atoms with Crippen LogP contribution in [0.5, 0.6) is 5.75 Å². The number of nitriles is 1. The lowest BCUT2D eigenvalue weighted by molar-refractivity contribution is 0.417.